The Labute approximate surface area is 148 Å². The average molecular weight is 343 g/mol. The maximum Gasteiger partial charge on any atom is 0.185 e. The molecule has 1 atom stereocenters. The minimum absolute atomic E-state index is 0.548. The minimum atomic E-state index is 0.548. The molecule has 0 spiro atoms. The molecule has 0 amide bonds. The van der Waals surface area contributed by atoms with Gasteiger partial charge < -0.3 is 10.2 Å². The second-order valence-corrected chi connectivity index (χ2v) is 7.98. The number of para-hydroxylation sites is 1. The van der Waals surface area contributed by atoms with Crippen molar-refractivity contribution in [2.24, 2.45) is 0 Å². The van der Waals surface area contributed by atoms with Crippen molar-refractivity contribution >= 4 is 22.2 Å². The highest BCUT2D eigenvalue weighted by molar-refractivity contribution is 7.15. The molecule has 0 saturated carbocycles. The quantitative estimate of drug-likeness (QED) is 0.895. The monoisotopic (exact) mass is 342 g/mol. The van der Waals surface area contributed by atoms with Crippen LogP contribution in [0.25, 0.3) is 0 Å². The number of hydrogen-bond donors (Lipinski definition) is 1. The molecule has 128 valence electrons. The van der Waals surface area contributed by atoms with Crippen LogP contribution in [0.4, 0.5) is 10.8 Å². The molecule has 1 N–H and O–H groups in total. The highest BCUT2D eigenvalue weighted by Gasteiger charge is 2.21. The van der Waals surface area contributed by atoms with Crippen LogP contribution in [0.2, 0.25) is 0 Å². The van der Waals surface area contributed by atoms with E-state index in [0.717, 1.165) is 13.1 Å². The molecule has 1 aromatic heterocycles. The van der Waals surface area contributed by atoms with Crippen LogP contribution in [0.1, 0.15) is 30.6 Å². The van der Waals surface area contributed by atoms with E-state index in [1.54, 1.807) is 0 Å². The minimum Gasteiger partial charge on any atom is -0.381 e. The number of aromatic nitrogens is 1. The van der Waals surface area contributed by atoms with E-state index in [1.165, 1.54) is 61.0 Å². The van der Waals surface area contributed by atoms with Gasteiger partial charge in [0.15, 0.2) is 5.13 Å². The highest BCUT2D eigenvalue weighted by atomic mass is 32.1. The van der Waals surface area contributed by atoms with Gasteiger partial charge in [0.2, 0.25) is 0 Å². The number of benzene rings is 1. The SMILES string of the molecule is c1ccc(NC2CCCN(Cc3cnc(N4CCCC4)s3)C2)cc1. The van der Waals surface area contributed by atoms with Gasteiger partial charge in [0.1, 0.15) is 0 Å². The zero-order valence-corrected chi connectivity index (χ0v) is 15.0. The summed E-state index contributed by atoms with van der Waals surface area (Å²) >= 11 is 1.88. The van der Waals surface area contributed by atoms with Crippen molar-refractivity contribution < 1.29 is 0 Å². The Hall–Kier alpha value is -1.59. The van der Waals surface area contributed by atoms with Crippen LogP contribution in [0.15, 0.2) is 36.5 Å². The first kappa shape index (κ1) is 15.9. The van der Waals surface area contributed by atoms with E-state index >= 15 is 0 Å². The van der Waals surface area contributed by atoms with Crippen molar-refractivity contribution in [2.75, 3.05) is 36.4 Å². The normalized spacial score (nSPS) is 22.0. The fourth-order valence-corrected chi connectivity index (χ4v) is 4.74. The van der Waals surface area contributed by atoms with Gasteiger partial charge in [-0.3, -0.25) is 4.90 Å². The van der Waals surface area contributed by atoms with Crippen molar-refractivity contribution in [1.29, 1.82) is 0 Å². The molecule has 2 aliphatic rings. The predicted molar refractivity (Wildman–Crippen MR) is 102 cm³/mol. The standard InChI is InChI=1S/C19H26N4S/c1-2-7-16(8-3-1)21-17-9-6-10-22(14-17)15-18-13-20-19(24-18)23-11-4-5-12-23/h1-3,7-8,13,17,21H,4-6,9-12,14-15H2. The van der Waals surface area contributed by atoms with Crippen LogP contribution >= 0.6 is 11.3 Å². The van der Waals surface area contributed by atoms with Crippen molar-refractivity contribution in [3.63, 3.8) is 0 Å². The van der Waals surface area contributed by atoms with Gasteiger partial charge in [-0.1, -0.05) is 18.2 Å². The van der Waals surface area contributed by atoms with E-state index in [4.69, 9.17) is 0 Å². The first-order valence-electron chi connectivity index (χ1n) is 9.10. The van der Waals surface area contributed by atoms with Gasteiger partial charge in [0.05, 0.1) is 0 Å². The van der Waals surface area contributed by atoms with E-state index in [0.29, 0.717) is 6.04 Å². The lowest BCUT2D eigenvalue weighted by Crippen LogP contribution is -2.41. The van der Waals surface area contributed by atoms with Crippen molar-refractivity contribution in [2.45, 2.75) is 38.3 Å². The Morgan fingerprint density at radius 2 is 1.92 bits per heavy atom. The molecule has 2 saturated heterocycles. The fourth-order valence-electron chi connectivity index (χ4n) is 3.73. The summed E-state index contributed by atoms with van der Waals surface area (Å²) in [5.74, 6) is 0. The summed E-state index contributed by atoms with van der Waals surface area (Å²) < 4.78 is 0. The fraction of sp³-hybridized carbons (Fsp3) is 0.526. The molecular formula is C19H26N4S. The molecule has 0 bridgehead atoms. The van der Waals surface area contributed by atoms with E-state index < -0.39 is 0 Å². The summed E-state index contributed by atoms with van der Waals surface area (Å²) in [7, 11) is 0. The van der Waals surface area contributed by atoms with E-state index in [2.05, 4.69) is 56.6 Å². The van der Waals surface area contributed by atoms with Crippen molar-refractivity contribution in [1.82, 2.24) is 9.88 Å². The highest BCUT2D eigenvalue weighted by Crippen LogP contribution is 2.27. The molecule has 2 fully saturated rings. The van der Waals surface area contributed by atoms with Crippen molar-refractivity contribution in [3.05, 3.63) is 41.4 Å². The number of nitrogens with zero attached hydrogens (tertiary/aromatic N) is 3. The third-order valence-electron chi connectivity index (χ3n) is 4.95. The predicted octanol–water partition coefficient (Wildman–Crippen LogP) is 3.82. The number of thiazole rings is 1. The molecule has 0 aliphatic carbocycles. The lowest BCUT2D eigenvalue weighted by Gasteiger charge is -2.33. The topological polar surface area (TPSA) is 31.4 Å². The van der Waals surface area contributed by atoms with Gasteiger partial charge in [0, 0.05) is 49.0 Å². The summed E-state index contributed by atoms with van der Waals surface area (Å²) in [6, 6.07) is 11.1. The Bertz CT molecular complexity index is 636. The number of anilines is 2. The van der Waals surface area contributed by atoms with Crippen LogP contribution < -0.4 is 10.2 Å². The summed E-state index contributed by atoms with van der Waals surface area (Å²) in [5.41, 5.74) is 1.23. The van der Waals surface area contributed by atoms with E-state index in [-0.39, 0.29) is 0 Å². The van der Waals surface area contributed by atoms with E-state index in [1.807, 2.05) is 11.3 Å². The van der Waals surface area contributed by atoms with Gasteiger partial charge in [-0.15, -0.1) is 11.3 Å². The van der Waals surface area contributed by atoms with Crippen LogP contribution in [0, 0.1) is 0 Å². The number of rotatable bonds is 5. The maximum atomic E-state index is 4.65. The number of piperidine rings is 1. The molecule has 24 heavy (non-hydrogen) atoms. The number of hydrogen-bond acceptors (Lipinski definition) is 5. The van der Waals surface area contributed by atoms with Gasteiger partial charge >= 0.3 is 0 Å². The van der Waals surface area contributed by atoms with Crippen molar-refractivity contribution in [3.8, 4) is 0 Å². The van der Waals surface area contributed by atoms with Crippen LogP contribution in [0.3, 0.4) is 0 Å². The average Bonchev–Trinajstić information content (AvgIpc) is 3.27. The Morgan fingerprint density at radius 3 is 2.75 bits per heavy atom. The Balaban J connectivity index is 1.33. The molecule has 5 heteroatoms. The van der Waals surface area contributed by atoms with Gasteiger partial charge in [-0.05, 0) is 44.4 Å². The van der Waals surface area contributed by atoms with Gasteiger partial charge in [-0.2, -0.15) is 0 Å². The molecule has 4 rings (SSSR count). The van der Waals surface area contributed by atoms with Crippen LogP contribution in [0.5, 0.6) is 0 Å². The zero-order valence-electron chi connectivity index (χ0n) is 14.2. The Morgan fingerprint density at radius 1 is 1.08 bits per heavy atom. The number of likely N-dealkylation sites (tertiary alicyclic amines) is 1. The molecule has 2 aliphatic heterocycles. The third kappa shape index (κ3) is 3.90. The lowest BCUT2D eigenvalue weighted by atomic mass is 10.1. The molecule has 1 unspecified atom stereocenters. The first-order valence-corrected chi connectivity index (χ1v) is 9.92. The second-order valence-electron chi connectivity index (χ2n) is 6.89. The zero-order chi connectivity index (χ0) is 16.2. The summed E-state index contributed by atoms with van der Waals surface area (Å²) in [6.45, 7) is 5.72. The third-order valence-corrected chi connectivity index (χ3v) is 5.99. The lowest BCUT2D eigenvalue weighted by molar-refractivity contribution is 0.210. The maximum absolute atomic E-state index is 4.65. The molecule has 0 radical (unpaired) electrons. The smallest absolute Gasteiger partial charge is 0.185 e. The summed E-state index contributed by atoms with van der Waals surface area (Å²) in [4.78, 5) is 11.1. The summed E-state index contributed by atoms with van der Waals surface area (Å²) in [5, 5.41) is 4.91. The van der Waals surface area contributed by atoms with Gasteiger partial charge in [-0.25, -0.2) is 4.98 Å². The van der Waals surface area contributed by atoms with E-state index in [9.17, 15) is 0 Å². The molecule has 2 aromatic rings. The van der Waals surface area contributed by atoms with Gasteiger partial charge in [0.25, 0.3) is 0 Å². The van der Waals surface area contributed by atoms with Crippen LogP contribution in [-0.4, -0.2) is 42.1 Å². The first-order chi connectivity index (χ1) is 11.9. The summed E-state index contributed by atoms with van der Waals surface area (Å²) in [6.07, 6.45) is 7.24. The molecule has 3 heterocycles. The molecule has 1 aromatic carbocycles. The Kier molecular flexibility index (Phi) is 4.99. The largest absolute Gasteiger partial charge is 0.381 e. The second kappa shape index (κ2) is 7.53. The molecular weight excluding hydrogens is 316 g/mol. The number of nitrogens with one attached hydrogen (secondary N) is 1. The van der Waals surface area contributed by atoms with Crippen LogP contribution in [-0.2, 0) is 6.54 Å². The molecule has 4 nitrogen and oxygen atoms in total.